The van der Waals surface area contributed by atoms with Gasteiger partial charge in [0.15, 0.2) is 0 Å². The molecule has 12 heavy (non-hydrogen) atoms. The Morgan fingerprint density at radius 1 is 1.17 bits per heavy atom. The Kier molecular flexibility index (Phi) is 4.07. The molecule has 0 aromatic rings. The molecule has 74 valence electrons. The number of phosphoric ester groups is 1. The third-order valence-corrected chi connectivity index (χ3v) is 2.82. The molecule has 0 bridgehead atoms. The van der Waals surface area contributed by atoms with Crippen LogP contribution in [0, 0.1) is 0 Å². The Balaban J connectivity index is 4.25. The molecule has 0 spiro atoms. The fourth-order valence-corrected chi connectivity index (χ4v) is 2.05. The summed E-state index contributed by atoms with van der Waals surface area (Å²) in [6, 6.07) is 0. The van der Waals surface area contributed by atoms with Crippen LogP contribution in [0.2, 0.25) is 0 Å². The minimum absolute atomic E-state index is 0.778. The van der Waals surface area contributed by atoms with Crippen molar-refractivity contribution in [3.8, 4) is 0 Å². The van der Waals surface area contributed by atoms with Crippen LogP contribution in [-0.2, 0) is 18.0 Å². The van der Waals surface area contributed by atoms with Crippen molar-refractivity contribution in [3.63, 3.8) is 0 Å². The van der Waals surface area contributed by atoms with Crippen LogP contribution in [0.25, 0.3) is 0 Å². The minimum atomic E-state index is -5.54. The molecule has 0 aromatic carbocycles. The topological polar surface area (TPSA) is 122 Å². The molecule has 7 nitrogen and oxygen atoms in total. The van der Waals surface area contributed by atoms with Gasteiger partial charge in [-0.15, -0.1) is 0 Å². The molecule has 0 N–H and O–H groups in total. The SMILES string of the molecule is CC(C)OP(=O)([O-])OP(=O)([O-])[O-]. The van der Waals surface area contributed by atoms with E-state index in [9.17, 15) is 23.8 Å². The summed E-state index contributed by atoms with van der Waals surface area (Å²) in [5, 5.41) is 0. The van der Waals surface area contributed by atoms with E-state index in [4.69, 9.17) is 0 Å². The smallest absolute Gasteiger partial charge is 0.272 e. The van der Waals surface area contributed by atoms with Gasteiger partial charge in [0.25, 0.3) is 7.82 Å². The van der Waals surface area contributed by atoms with Crippen LogP contribution in [0.15, 0.2) is 0 Å². The predicted molar refractivity (Wildman–Crippen MR) is 32.5 cm³/mol. The Morgan fingerprint density at radius 3 is 1.83 bits per heavy atom. The first-order valence-corrected chi connectivity index (χ1v) is 5.77. The van der Waals surface area contributed by atoms with Crippen LogP contribution in [0.3, 0.4) is 0 Å². The molecule has 0 amide bonds. The highest BCUT2D eigenvalue weighted by Gasteiger charge is 2.13. The van der Waals surface area contributed by atoms with Crippen molar-refractivity contribution in [2.75, 3.05) is 0 Å². The molecule has 1 unspecified atom stereocenters. The Bertz CT molecular complexity index is 229. The predicted octanol–water partition coefficient (Wildman–Crippen LogP) is -1.27. The maximum atomic E-state index is 10.5. The van der Waals surface area contributed by atoms with E-state index in [1.54, 1.807) is 0 Å². The molecule has 1 atom stereocenters. The zero-order valence-corrected chi connectivity index (χ0v) is 8.12. The van der Waals surface area contributed by atoms with Gasteiger partial charge in [0, 0.05) is 0 Å². The maximum absolute atomic E-state index is 10.5. The van der Waals surface area contributed by atoms with Gasteiger partial charge >= 0.3 is 0 Å². The van der Waals surface area contributed by atoms with Crippen molar-refractivity contribution in [3.05, 3.63) is 0 Å². The van der Waals surface area contributed by atoms with Gasteiger partial charge in [0.05, 0.1) is 13.9 Å². The Morgan fingerprint density at radius 2 is 1.58 bits per heavy atom. The second kappa shape index (κ2) is 3.98. The van der Waals surface area contributed by atoms with Crippen molar-refractivity contribution in [2.45, 2.75) is 20.0 Å². The van der Waals surface area contributed by atoms with Crippen molar-refractivity contribution in [1.82, 2.24) is 0 Å². The molecular formula is C3H7O7P2-3. The van der Waals surface area contributed by atoms with Gasteiger partial charge < -0.3 is 23.8 Å². The van der Waals surface area contributed by atoms with E-state index in [0.29, 0.717) is 0 Å². The molecule has 0 saturated heterocycles. The summed E-state index contributed by atoms with van der Waals surface area (Å²) < 4.78 is 27.5. The summed E-state index contributed by atoms with van der Waals surface area (Å²) in [5.74, 6) is 0. The Hall–Kier alpha value is 0.260. The third kappa shape index (κ3) is 6.94. The second-order valence-electron chi connectivity index (χ2n) is 2.13. The highest BCUT2D eigenvalue weighted by atomic mass is 31.3. The lowest BCUT2D eigenvalue weighted by molar-refractivity contribution is -0.339. The van der Waals surface area contributed by atoms with Crippen LogP contribution in [0.5, 0.6) is 0 Å². The lowest BCUT2D eigenvalue weighted by Gasteiger charge is -2.35. The van der Waals surface area contributed by atoms with E-state index in [-0.39, 0.29) is 0 Å². The molecule has 0 fully saturated rings. The number of hydrogen-bond donors (Lipinski definition) is 0. The third-order valence-electron chi connectivity index (χ3n) is 0.540. The van der Waals surface area contributed by atoms with Gasteiger partial charge in [-0.3, -0.25) is 8.88 Å². The van der Waals surface area contributed by atoms with E-state index in [1.807, 2.05) is 0 Å². The largest absolute Gasteiger partial charge is 0.790 e. The minimum Gasteiger partial charge on any atom is -0.790 e. The number of hydrogen-bond acceptors (Lipinski definition) is 7. The van der Waals surface area contributed by atoms with Crippen molar-refractivity contribution in [2.24, 2.45) is 0 Å². The summed E-state index contributed by atoms with van der Waals surface area (Å²) in [4.78, 5) is 30.1. The lowest BCUT2D eigenvalue weighted by atomic mass is 10.5. The summed E-state index contributed by atoms with van der Waals surface area (Å²) in [6.07, 6.45) is -0.778. The average molecular weight is 217 g/mol. The van der Waals surface area contributed by atoms with E-state index in [1.165, 1.54) is 13.8 Å². The molecule has 0 aliphatic heterocycles. The summed E-state index contributed by atoms with van der Waals surface area (Å²) in [5.41, 5.74) is 0. The van der Waals surface area contributed by atoms with Crippen molar-refractivity contribution < 1.29 is 32.6 Å². The summed E-state index contributed by atoms with van der Waals surface area (Å²) in [6.45, 7) is 2.68. The quantitative estimate of drug-likeness (QED) is 0.537. The highest BCUT2D eigenvalue weighted by molar-refractivity contribution is 7.58. The first-order chi connectivity index (χ1) is 5.12. The fourth-order valence-electron chi connectivity index (χ4n) is 0.400. The van der Waals surface area contributed by atoms with Crippen LogP contribution in [0.1, 0.15) is 13.8 Å². The standard InChI is InChI=1S/C3H10O7P2/c1-3(2)9-12(7,8)10-11(4,5)6/h3H,1-2H3,(H,7,8)(H2,4,5,6)/p-3. The lowest BCUT2D eigenvalue weighted by Crippen LogP contribution is -2.20. The van der Waals surface area contributed by atoms with Gasteiger partial charge in [-0.2, -0.15) is 0 Å². The van der Waals surface area contributed by atoms with Crippen molar-refractivity contribution >= 4 is 15.6 Å². The fraction of sp³-hybridized carbons (Fsp3) is 1.00. The first kappa shape index (κ1) is 12.3. The molecule has 9 heteroatoms. The molecule has 0 rings (SSSR count). The first-order valence-electron chi connectivity index (χ1n) is 2.85. The molecule has 0 saturated carbocycles. The maximum Gasteiger partial charge on any atom is 0.272 e. The molecule has 0 aliphatic carbocycles. The van der Waals surface area contributed by atoms with Gasteiger partial charge in [0.2, 0.25) is 0 Å². The molecule has 0 aliphatic rings. The van der Waals surface area contributed by atoms with Gasteiger partial charge in [-0.1, -0.05) is 0 Å². The van der Waals surface area contributed by atoms with Gasteiger partial charge in [-0.05, 0) is 13.8 Å². The van der Waals surface area contributed by atoms with E-state index in [2.05, 4.69) is 8.83 Å². The van der Waals surface area contributed by atoms with Gasteiger partial charge in [-0.25, -0.2) is 0 Å². The molecule has 0 aromatic heterocycles. The van der Waals surface area contributed by atoms with Crippen LogP contribution >= 0.6 is 15.6 Å². The Labute approximate surface area is 69.2 Å². The second-order valence-corrected chi connectivity index (χ2v) is 4.78. The van der Waals surface area contributed by atoms with Crippen LogP contribution in [-0.4, -0.2) is 6.10 Å². The molecule has 0 radical (unpaired) electrons. The zero-order valence-electron chi connectivity index (χ0n) is 6.33. The monoisotopic (exact) mass is 217 g/mol. The van der Waals surface area contributed by atoms with E-state index < -0.39 is 21.7 Å². The highest BCUT2D eigenvalue weighted by Crippen LogP contribution is 2.50. The summed E-state index contributed by atoms with van der Waals surface area (Å²) in [7, 11) is -10.6. The van der Waals surface area contributed by atoms with Crippen molar-refractivity contribution in [1.29, 1.82) is 0 Å². The van der Waals surface area contributed by atoms with Crippen LogP contribution < -0.4 is 14.7 Å². The van der Waals surface area contributed by atoms with E-state index >= 15 is 0 Å². The molecular weight excluding hydrogens is 210 g/mol. The summed E-state index contributed by atoms with van der Waals surface area (Å²) >= 11 is 0. The van der Waals surface area contributed by atoms with E-state index in [0.717, 1.165) is 0 Å². The zero-order chi connectivity index (χ0) is 9.99. The number of rotatable bonds is 4. The molecule has 0 heterocycles. The normalized spacial score (nSPS) is 17.8. The van der Waals surface area contributed by atoms with Crippen LogP contribution in [0.4, 0.5) is 0 Å². The van der Waals surface area contributed by atoms with Gasteiger partial charge in [0.1, 0.15) is 0 Å². The average Bonchev–Trinajstić information content (AvgIpc) is 1.48. The number of phosphoric acid groups is 2.